The van der Waals surface area contributed by atoms with Crippen molar-refractivity contribution in [2.75, 3.05) is 18.5 Å². The Bertz CT molecular complexity index is 428. The first-order chi connectivity index (χ1) is 8.59. The third-order valence-electron chi connectivity index (χ3n) is 3.53. The van der Waals surface area contributed by atoms with E-state index >= 15 is 0 Å². The third kappa shape index (κ3) is 3.44. The summed E-state index contributed by atoms with van der Waals surface area (Å²) in [6, 6.07) is 6.08. The van der Waals surface area contributed by atoms with Crippen molar-refractivity contribution < 1.29 is 9.50 Å². The minimum atomic E-state index is -0.431. The maximum absolute atomic E-state index is 13.2. The Hall–Kier alpha value is -1.60. The zero-order chi connectivity index (χ0) is 13.6. The third-order valence-corrected chi connectivity index (χ3v) is 3.53. The van der Waals surface area contributed by atoms with Crippen LogP contribution < -0.4 is 5.32 Å². The monoisotopic (exact) mass is 250 g/mol. The maximum Gasteiger partial charge on any atom is 0.126 e. The molecule has 0 fully saturated rings. The average molecular weight is 250 g/mol. The number of anilines is 1. The molecule has 0 aliphatic heterocycles. The molecule has 0 amide bonds. The number of nitrogens with one attached hydrogen (secondary N) is 1. The topological polar surface area (TPSA) is 56.0 Å². The summed E-state index contributed by atoms with van der Waals surface area (Å²) >= 11 is 0. The minimum absolute atomic E-state index is 0.0907. The first kappa shape index (κ1) is 14.5. The van der Waals surface area contributed by atoms with Crippen LogP contribution in [-0.2, 0) is 0 Å². The molecule has 2 N–H and O–H groups in total. The van der Waals surface area contributed by atoms with Gasteiger partial charge in [0, 0.05) is 17.6 Å². The van der Waals surface area contributed by atoms with E-state index in [2.05, 4.69) is 5.32 Å². The zero-order valence-corrected chi connectivity index (χ0v) is 10.8. The average Bonchev–Trinajstić information content (AvgIpc) is 2.40. The molecule has 0 saturated heterocycles. The lowest BCUT2D eigenvalue weighted by Gasteiger charge is -2.30. The normalized spacial score (nSPS) is 11.1. The molecule has 0 aliphatic carbocycles. The van der Waals surface area contributed by atoms with Gasteiger partial charge in [-0.1, -0.05) is 13.8 Å². The van der Waals surface area contributed by atoms with E-state index in [0.717, 1.165) is 12.8 Å². The van der Waals surface area contributed by atoms with Crippen molar-refractivity contribution in [3.8, 4) is 6.07 Å². The second-order valence-electron chi connectivity index (χ2n) is 4.56. The summed E-state index contributed by atoms with van der Waals surface area (Å²) in [5.41, 5.74) is 0.672. The SMILES string of the molecule is CCC(CC)(CO)CNc1cc(F)cc(C#N)c1. The fourth-order valence-corrected chi connectivity index (χ4v) is 1.83. The van der Waals surface area contributed by atoms with Gasteiger partial charge in [0.1, 0.15) is 5.82 Å². The highest BCUT2D eigenvalue weighted by Gasteiger charge is 2.24. The van der Waals surface area contributed by atoms with E-state index in [4.69, 9.17) is 5.26 Å². The van der Waals surface area contributed by atoms with E-state index in [1.165, 1.54) is 12.1 Å². The predicted octanol–water partition coefficient (Wildman–Crippen LogP) is 2.91. The quantitative estimate of drug-likeness (QED) is 0.816. The molecule has 1 rings (SSSR count). The number of aliphatic hydroxyl groups is 1. The Morgan fingerprint density at radius 3 is 2.50 bits per heavy atom. The van der Waals surface area contributed by atoms with Crippen LogP contribution in [0.2, 0.25) is 0 Å². The van der Waals surface area contributed by atoms with E-state index < -0.39 is 5.82 Å². The van der Waals surface area contributed by atoms with Gasteiger partial charge in [0.05, 0.1) is 18.2 Å². The molecule has 0 aliphatic rings. The molecule has 0 bridgehead atoms. The molecule has 1 aromatic carbocycles. The molecule has 4 heteroatoms. The van der Waals surface area contributed by atoms with Gasteiger partial charge in [0.15, 0.2) is 0 Å². The summed E-state index contributed by atoms with van der Waals surface area (Å²) in [6.07, 6.45) is 1.68. The molecule has 0 saturated carbocycles. The Morgan fingerprint density at radius 2 is 2.00 bits per heavy atom. The fraction of sp³-hybridized carbons (Fsp3) is 0.500. The predicted molar refractivity (Wildman–Crippen MR) is 69.7 cm³/mol. The molecule has 0 aromatic heterocycles. The van der Waals surface area contributed by atoms with Crippen molar-refractivity contribution >= 4 is 5.69 Å². The smallest absolute Gasteiger partial charge is 0.126 e. The lowest BCUT2D eigenvalue weighted by Crippen LogP contribution is -2.32. The number of benzene rings is 1. The summed E-state index contributed by atoms with van der Waals surface area (Å²) in [5.74, 6) is -0.431. The van der Waals surface area contributed by atoms with Gasteiger partial charge in [-0.05, 0) is 31.0 Å². The number of hydrogen-bond donors (Lipinski definition) is 2. The van der Waals surface area contributed by atoms with Gasteiger partial charge in [-0.3, -0.25) is 0 Å². The molecule has 3 nitrogen and oxygen atoms in total. The molecule has 0 heterocycles. The Labute approximate surface area is 107 Å². The molecular formula is C14H19FN2O. The van der Waals surface area contributed by atoms with Crippen molar-refractivity contribution in [3.05, 3.63) is 29.6 Å². The number of aliphatic hydroxyl groups excluding tert-OH is 1. The first-order valence-electron chi connectivity index (χ1n) is 6.14. The van der Waals surface area contributed by atoms with Gasteiger partial charge >= 0.3 is 0 Å². The van der Waals surface area contributed by atoms with Crippen LogP contribution in [0, 0.1) is 22.6 Å². The number of halogens is 1. The lowest BCUT2D eigenvalue weighted by molar-refractivity contribution is 0.127. The summed E-state index contributed by atoms with van der Waals surface area (Å²) < 4.78 is 13.2. The van der Waals surface area contributed by atoms with Crippen LogP contribution in [0.15, 0.2) is 18.2 Å². The van der Waals surface area contributed by atoms with Crippen molar-refractivity contribution in [1.29, 1.82) is 5.26 Å². The van der Waals surface area contributed by atoms with Gasteiger partial charge in [0.2, 0.25) is 0 Å². The highest BCUT2D eigenvalue weighted by molar-refractivity contribution is 5.49. The molecule has 0 atom stereocenters. The van der Waals surface area contributed by atoms with E-state index in [9.17, 15) is 9.50 Å². The fourth-order valence-electron chi connectivity index (χ4n) is 1.83. The highest BCUT2D eigenvalue weighted by Crippen LogP contribution is 2.26. The van der Waals surface area contributed by atoms with Crippen molar-refractivity contribution in [2.45, 2.75) is 26.7 Å². The van der Waals surface area contributed by atoms with Gasteiger partial charge in [-0.15, -0.1) is 0 Å². The number of rotatable bonds is 6. The summed E-state index contributed by atoms with van der Waals surface area (Å²) in [7, 11) is 0. The minimum Gasteiger partial charge on any atom is -0.396 e. The molecule has 18 heavy (non-hydrogen) atoms. The Balaban J connectivity index is 2.80. The number of hydrogen-bond acceptors (Lipinski definition) is 3. The van der Waals surface area contributed by atoms with E-state index in [0.29, 0.717) is 17.8 Å². The van der Waals surface area contributed by atoms with Crippen LogP contribution in [-0.4, -0.2) is 18.3 Å². The summed E-state index contributed by atoms with van der Waals surface area (Å²) in [4.78, 5) is 0. The molecule has 1 aromatic rings. The molecule has 0 unspecified atom stereocenters. The van der Waals surface area contributed by atoms with Crippen molar-refractivity contribution in [3.63, 3.8) is 0 Å². The van der Waals surface area contributed by atoms with Gasteiger partial charge in [-0.2, -0.15) is 5.26 Å². The van der Waals surface area contributed by atoms with E-state index in [1.807, 2.05) is 19.9 Å². The van der Waals surface area contributed by atoms with Gasteiger partial charge in [0.25, 0.3) is 0 Å². The maximum atomic E-state index is 13.2. The van der Waals surface area contributed by atoms with Gasteiger partial charge < -0.3 is 10.4 Å². The summed E-state index contributed by atoms with van der Waals surface area (Å²) in [5, 5.41) is 21.3. The Morgan fingerprint density at radius 1 is 1.33 bits per heavy atom. The standard InChI is InChI=1S/C14H19FN2O/c1-3-14(4-2,10-18)9-17-13-6-11(8-16)5-12(15)7-13/h5-7,17-18H,3-4,9-10H2,1-2H3. The Kier molecular flexibility index (Phi) is 5.11. The van der Waals surface area contributed by atoms with E-state index in [1.54, 1.807) is 6.07 Å². The van der Waals surface area contributed by atoms with E-state index in [-0.39, 0.29) is 12.0 Å². The van der Waals surface area contributed by atoms with Gasteiger partial charge in [-0.25, -0.2) is 4.39 Å². The molecule has 0 radical (unpaired) electrons. The summed E-state index contributed by atoms with van der Waals surface area (Å²) in [6.45, 7) is 4.69. The van der Waals surface area contributed by atoms with Crippen LogP contribution in [0.25, 0.3) is 0 Å². The molecule has 98 valence electrons. The molecule has 0 spiro atoms. The lowest BCUT2D eigenvalue weighted by atomic mass is 9.83. The van der Waals surface area contributed by atoms with Crippen LogP contribution in [0.1, 0.15) is 32.3 Å². The van der Waals surface area contributed by atoms with Crippen LogP contribution >= 0.6 is 0 Å². The van der Waals surface area contributed by atoms with Crippen LogP contribution in [0.5, 0.6) is 0 Å². The van der Waals surface area contributed by atoms with Crippen molar-refractivity contribution in [1.82, 2.24) is 0 Å². The highest BCUT2D eigenvalue weighted by atomic mass is 19.1. The second kappa shape index (κ2) is 6.36. The first-order valence-corrected chi connectivity index (χ1v) is 6.14. The second-order valence-corrected chi connectivity index (χ2v) is 4.56. The number of nitriles is 1. The van der Waals surface area contributed by atoms with Crippen molar-refractivity contribution in [2.24, 2.45) is 5.41 Å². The zero-order valence-electron chi connectivity index (χ0n) is 10.8. The van der Waals surface area contributed by atoms with Crippen LogP contribution in [0.3, 0.4) is 0 Å². The largest absolute Gasteiger partial charge is 0.396 e. The number of nitrogens with zero attached hydrogens (tertiary/aromatic N) is 1. The molecular weight excluding hydrogens is 231 g/mol. The van der Waals surface area contributed by atoms with Crippen LogP contribution in [0.4, 0.5) is 10.1 Å².